The second-order valence-corrected chi connectivity index (χ2v) is 12.2. The van der Waals surface area contributed by atoms with Gasteiger partial charge in [-0.05, 0) is 63.4 Å². The van der Waals surface area contributed by atoms with E-state index in [1.807, 2.05) is 61.9 Å². The number of rotatable bonds is 6. The molecule has 224 valence electrons. The average molecular weight is 581 g/mol. The number of aryl methyl sites for hydroxylation is 1. The molecule has 3 aromatic rings. The average Bonchev–Trinajstić information content (AvgIpc) is 3.33. The number of amides is 2. The van der Waals surface area contributed by atoms with E-state index in [1.165, 1.54) is 11.0 Å². The van der Waals surface area contributed by atoms with Gasteiger partial charge in [-0.3, -0.25) is 0 Å². The lowest BCUT2D eigenvalue weighted by atomic mass is 9.93. The van der Waals surface area contributed by atoms with Crippen LogP contribution in [-0.2, 0) is 22.6 Å². The summed E-state index contributed by atoms with van der Waals surface area (Å²) in [5.41, 5.74) is 2.18. The number of likely N-dealkylation sites (tertiary alicyclic amines) is 2. The highest BCUT2D eigenvalue weighted by Crippen LogP contribution is 2.34. The highest BCUT2D eigenvalue weighted by molar-refractivity contribution is 5.69. The zero-order valence-electron chi connectivity index (χ0n) is 24.6. The summed E-state index contributed by atoms with van der Waals surface area (Å²) in [6.07, 6.45) is 0.0390. The summed E-state index contributed by atoms with van der Waals surface area (Å²) in [6, 6.07) is 14.2. The number of benzene rings is 2. The molecule has 8 nitrogen and oxygen atoms in total. The Kier molecular flexibility index (Phi) is 8.52. The third-order valence-electron chi connectivity index (χ3n) is 7.66. The van der Waals surface area contributed by atoms with Gasteiger partial charge in [-0.2, -0.15) is 0 Å². The molecule has 3 heterocycles. The Hall–Kier alpha value is -3.95. The van der Waals surface area contributed by atoms with Gasteiger partial charge in [0.2, 0.25) is 0 Å². The quantitative estimate of drug-likeness (QED) is 0.341. The minimum absolute atomic E-state index is 0.0913. The Morgan fingerprint density at radius 2 is 1.76 bits per heavy atom. The van der Waals surface area contributed by atoms with E-state index >= 15 is 4.39 Å². The minimum Gasteiger partial charge on any atom is -0.445 e. The van der Waals surface area contributed by atoms with Crippen molar-refractivity contribution < 1.29 is 27.8 Å². The van der Waals surface area contributed by atoms with Crippen LogP contribution in [-0.4, -0.2) is 69.5 Å². The van der Waals surface area contributed by atoms with Crippen LogP contribution in [0, 0.1) is 18.7 Å². The smallest absolute Gasteiger partial charge is 0.410 e. The highest BCUT2D eigenvalue weighted by atomic mass is 19.1. The maximum atomic E-state index is 15.8. The zero-order valence-corrected chi connectivity index (χ0v) is 24.6. The normalized spacial score (nSPS) is 19.4. The third kappa shape index (κ3) is 6.91. The molecule has 42 heavy (non-hydrogen) atoms. The van der Waals surface area contributed by atoms with E-state index < -0.39 is 23.8 Å². The van der Waals surface area contributed by atoms with Gasteiger partial charge in [0.1, 0.15) is 30.0 Å². The lowest BCUT2D eigenvalue weighted by molar-refractivity contribution is -0.00363. The van der Waals surface area contributed by atoms with Crippen LogP contribution in [0.25, 0.3) is 11.3 Å². The molecule has 2 aliphatic rings. The van der Waals surface area contributed by atoms with Crippen LogP contribution in [0.2, 0.25) is 0 Å². The van der Waals surface area contributed by atoms with Crippen molar-refractivity contribution in [3.05, 3.63) is 77.5 Å². The summed E-state index contributed by atoms with van der Waals surface area (Å²) in [7, 11) is 0. The molecule has 0 spiro atoms. The summed E-state index contributed by atoms with van der Waals surface area (Å²) < 4.78 is 42.6. The molecular weight excluding hydrogens is 542 g/mol. The number of piperidine rings is 1. The molecule has 0 N–H and O–H groups in total. The molecule has 5 rings (SSSR count). The van der Waals surface area contributed by atoms with Crippen molar-refractivity contribution in [2.24, 2.45) is 5.92 Å². The van der Waals surface area contributed by atoms with E-state index in [0.29, 0.717) is 49.7 Å². The second kappa shape index (κ2) is 12.1. The van der Waals surface area contributed by atoms with Crippen LogP contribution in [0.15, 0.2) is 54.7 Å². The number of carbonyl (C=O) groups excluding carboxylic acids is 2. The van der Waals surface area contributed by atoms with E-state index in [1.54, 1.807) is 24.0 Å². The van der Waals surface area contributed by atoms with Gasteiger partial charge in [-0.15, -0.1) is 0 Å². The predicted molar refractivity (Wildman–Crippen MR) is 154 cm³/mol. The molecule has 10 heteroatoms. The van der Waals surface area contributed by atoms with Crippen molar-refractivity contribution in [2.45, 2.75) is 65.0 Å². The van der Waals surface area contributed by atoms with Crippen LogP contribution < -0.4 is 0 Å². The fourth-order valence-electron chi connectivity index (χ4n) is 5.43. The van der Waals surface area contributed by atoms with Crippen LogP contribution in [0.1, 0.15) is 50.1 Å². The van der Waals surface area contributed by atoms with E-state index in [-0.39, 0.29) is 31.0 Å². The second-order valence-electron chi connectivity index (χ2n) is 12.2. The minimum atomic E-state index is -1.34. The van der Waals surface area contributed by atoms with Gasteiger partial charge in [-0.1, -0.05) is 30.3 Å². The van der Waals surface area contributed by atoms with Gasteiger partial charge in [0.05, 0.1) is 18.2 Å². The van der Waals surface area contributed by atoms with Gasteiger partial charge in [0.15, 0.2) is 0 Å². The molecule has 0 unspecified atom stereocenters. The molecular formula is C32H38F2N4O4. The van der Waals surface area contributed by atoms with Crippen molar-refractivity contribution in [3.63, 3.8) is 0 Å². The number of imidazole rings is 1. The van der Waals surface area contributed by atoms with E-state index in [2.05, 4.69) is 0 Å². The van der Waals surface area contributed by atoms with Crippen molar-refractivity contribution >= 4 is 12.2 Å². The number of alkyl halides is 1. The molecule has 2 saturated heterocycles. The SMILES string of the molecule is Cc1cc(-c2cn(CC3CN(C(=O)OC(C)(C)C)C3)c([C@H]3CCN(C(=O)OCc4ccccc4)C[C@H]3F)n2)ccc1F. The summed E-state index contributed by atoms with van der Waals surface area (Å²) in [5, 5.41) is 0. The van der Waals surface area contributed by atoms with Crippen molar-refractivity contribution in [1.29, 1.82) is 0 Å². The molecule has 2 fully saturated rings. The van der Waals surface area contributed by atoms with E-state index in [9.17, 15) is 14.0 Å². The molecule has 1 aromatic heterocycles. The molecule has 2 amide bonds. The first-order valence-electron chi connectivity index (χ1n) is 14.4. The Balaban J connectivity index is 1.29. The maximum Gasteiger partial charge on any atom is 0.410 e. The van der Waals surface area contributed by atoms with Crippen LogP contribution in [0.3, 0.4) is 0 Å². The molecule has 0 saturated carbocycles. The fourth-order valence-corrected chi connectivity index (χ4v) is 5.43. The predicted octanol–water partition coefficient (Wildman–Crippen LogP) is 6.33. The Labute approximate surface area is 245 Å². The van der Waals surface area contributed by atoms with Crippen LogP contribution in [0.4, 0.5) is 18.4 Å². The van der Waals surface area contributed by atoms with Gasteiger partial charge < -0.3 is 23.8 Å². The van der Waals surface area contributed by atoms with Crippen LogP contribution in [0.5, 0.6) is 0 Å². The number of ether oxygens (including phenoxy) is 2. The summed E-state index contributed by atoms with van der Waals surface area (Å²) >= 11 is 0. The van der Waals surface area contributed by atoms with Crippen LogP contribution >= 0.6 is 0 Å². The Morgan fingerprint density at radius 3 is 2.43 bits per heavy atom. The zero-order chi connectivity index (χ0) is 30.0. The molecule has 0 radical (unpaired) electrons. The number of hydrogen-bond donors (Lipinski definition) is 0. The lowest BCUT2D eigenvalue weighted by Gasteiger charge is -2.40. The number of carbonyl (C=O) groups is 2. The van der Waals surface area contributed by atoms with Gasteiger partial charge in [-0.25, -0.2) is 23.4 Å². The van der Waals surface area contributed by atoms with Gasteiger partial charge in [0, 0.05) is 43.9 Å². The standard InChI is InChI=1S/C32H38F2N4O4/c1-21-14-24(10-11-26(21)33)28-19-37(15-23-16-38(17-23)31(40)42-32(2,3)4)29(35-28)25-12-13-36(18-27(25)34)30(39)41-20-22-8-6-5-7-9-22/h5-11,14,19,23,25,27H,12-13,15-18,20H2,1-4H3/t25-,27+/m0/s1. The number of nitrogens with zero attached hydrogens (tertiary/aromatic N) is 4. The largest absolute Gasteiger partial charge is 0.445 e. The molecule has 2 aromatic carbocycles. The first-order valence-corrected chi connectivity index (χ1v) is 14.4. The molecule has 0 aliphatic carbocycles. The van der Waals surface area contributed by atoms with Gasteiger partial charge >= 0.3 is 12.2 Å². The monoisotopic (exact) mass is 580 g/mol. The van der Waals surface area contributed by atoms with Crippen molar-refractivity contribution in [1.82, 2.24) is 19.4 Å². The topological polar surface area (TPSA) is 76.9 Å². The summed E-state index contributed by atoms with van der Waals surface area (Å²) in [6.45, 7) is 9.18. The number of halogens is 2. The number of hydrogen-bond acceptors (Lipinski definition) is 5. The number of aromatic nitrogens is 2. The summed E-state index contributed by atoms with van der Waals surface area (Å²) in [4.78, 5) is 33.0. The Morgan fingerprint density at radius 1 is 1.02 bits per heavy atom. The van der Waals surface area contributed by atoms with Crippen molar-refractivity contribution in [3.8, 4) is 11.3 Å². The summed E-state index contributed by atoms with van der Waals surface area (Å²) in [5.74, 6) is -0.0853. The van der Waals surface area contributed by atoms with Crippen molar-refractivity contribution in [2.75, 3.05) is 26.2 Å². The fraction of sp³-hybridized carbons (Fsp3) is 0.469. The maximum absolute atomic E-state index is 15.8. The third-order valence-corrected chi connectivity index (χ3v) is 7.66. The Bertz CT molecular complexity index is 1420. The van der Waals surface area contributed by atoms with E-state index in [4.69, 9.17) is 14.5 Å². The molecule has 2 aliphatic heterocycles. The van der Waals surface area contributed by atoms with Gasteiger partial charge in [0.25, 0.3) is 0 Å². The first-order chi connectivity index (χ1) is 20.0. The molecule has 0 bridgehead atoms. The highest BCUT2D eigenvalue weighted by Gasteiger charge is 2.38. The van der Waals surface area contributed by atoms with E-state index in [0.717, 1.165) is 11.1 Å². The first kappa shape index (κ1) is 29.5. The molecule has 2 atom stereocenters. The lowest BCUT2D eigenvalue weighted by Crippen LogP contribution is -2.53.